The lowest BCUT2D eigenvalue weighted by molar-refractivity contribution is 0.0951. The van der Waals surface area contributed by atoms with Crippen molar-refractivity contribution in [1.82, 2.24) is 10.3 Å². The third-order valence-electron chi connectivity index (χ3n) is 5.63. The molecular formula is C24H28N2O. The number of carbonyl (C=O) groups is 1. The number of H-pyrrole nitrogens is 1. The monoisotopic (exact) mass is 360 g/mol. The second-order valence-electron chi connectivity index (χ2n) is 8.68. The van der Waals surface area contributed by atoms with Crippen LogP contribution in [0.25, 0.3) is 10.9 Å². The molecule has 4 rings (SSSR count). The Morgan fingerprint density at radius 3 is 2.52 bits per heavy atom. The van der Waals surface area contributed by atoms with E-state index in [4.69, 9.17) is 0 Å². The van der Waals surface area contributed by atoms with E-state index < -0.39 is 0 Å². The summed E-state index contributed by atoms with van der Waals surface area (Å²) >= 11 is 0. The van der Waals surface area contributed by atoms with Crippen LogP contribution in [0, 0.1) is 0 Å². The molecule has 27 heavy (non-hydrogen) atoms. The number of hydrogen-bond donors (Lipinski definition) is 2. The second-order valence-corrected chi connectivity index (χ2v) is 8.68. The molecule has 0 spiro atoms. The molecule has 0 bridgehead atoms. The molecule has 0 unspecified atom stereocenters. The van der Waals surface area contributed by atoms with E-state index in [0.717, 1.165) is 18.4 Å². The lowest BCUT2D eigenvalue weighted by Crippen LogP contribution is -2.23. The van der Waals surface area contributed by atoms with E-state index in [1.807, 2.05) is 24.3 Å². The quantitative estimate of drug-likeness (QED) is 0.656. The Kier molecular flexibility index (Phi) is 4.55. The van der Waals surface area contributed by atoms with Crippen LogP contribution in [-0.4, -0.2) is 10.9 Å². The minimum Gasteiger partial charge on any atom is -0.358 e. The number of aromatic nitrogens is 1. The zero-order chi connectivity index (χ0) is 19.0. The van der Waals surface area contributed by atoms with Crippen LogP contribution in [-0.2, 0) is 24.8 Å². The standard InChI is InChI=1S/C24H28N2O/c1-24(2,3)18-11-9-17(10-12-18)23(27)25-15-16-8-13-22-20(14-16)19-6-4-5-7-21(19)26-22/h8-14,26H,4-7,15H2,1-3H3,(H,25,27). The first-order valence-corrected chi connectivity index (χ1v) is 9.93. The maximum Gasteiger partial charge on any atom is 0.251 e. The van der Waals surface area contributed by atoms with Crippen LogP contribution in [0.15, 0.2) is 42.5 Å². The predicted octanol–water partition coefficient (Wildman–Crippen LogP) is 5.27. The van der Waals surface area contributed by atoms with Gasteiger partial charge < -0.3 is 10.3 Å². The summed E-state index contributed by atoms with van der Waals surface area (Å²) in [7, 11) is 0. The van der Waals surface area contributed by atoms with Crippen LogP contribution in [0.1, 0.15) is 66.4 Å². The van der Waals surface area contributed by atoms with Crippen molar-refractivity contribution < 1.29 is 4.79 Å². The van der Waals surface area contributed by atoms with Gasteiger partial charge in [0.25, 0.3) is 5.91 Å². The predicted molar refractivity (Wildman–Crippen MR) is 111 cm³/mol. The van der Waals surface area contributed by atoms with E-state index in [2.05, 4.69) is 49.3 Å². The largest absolute Gasteiger partial charge is 0.358 e. The molecule has 2 aromatic carbocycles. The molecule has 1 heterocycles. The SMILES string of the molecule is CC(C)(C)c1ccc(C(=O)NCc2ccc3[nH]c4c(c3c2)CCCC4)cc1. The van der Waals surface area contributed by atoms with Gasteiger partial charge in [-0.15, -0.1) is 0 Å². The maximum absolute atomic E-state index is 12.5. The first kappa shape index (κ1) is 17.8. The molecule has 0 atom stereocenters. The van der Waals surface area contributed by atoms with Crippen molar-refractivity contribution >= 4 is 16.8 Å². The highest BCUT2D eigenvalue weighted by Crippen LogP contribution is 2.29. The highest BCUT2D eigenvalue weighted by atomic mass is 16.1. The van der Waals surface area contributed by atoms with Gasteiger partial charge in [-0.2, -0.15) is 0 Å². The lowest BCUT2D eigenvalue weighted by atomic mass is 9.87. The van der Waals surface area contributed by atoms with Gasteiger partial charge in [0.1, 0.15) is 0 Å². The topological polar surface area (TPSA) is 44.9 Å². The number of fused-ring (bicyclic) bond motifs is 3. The fourth-order valence-electron chi connectivity index (χ4n) is 3.97. The van der Waals surface area contributed by atoms with Crippen molar-refractivity contribution in [1.29, 1.82) is 0 Å². The normalized spacial score (nSPS) is 14.2. The molecule has 0 saturated heterocycles. The summed E-state index contributed by atoms with van der Waals surface area (Å²) in [4.78, 5) is 16.1. The van der Waals surface area contributed by atoms with E-state index in [9.17, 15) is 4.79 Å². The minimum atomic E-state index is -0.0216. The molecule has 1 aliphatic carbocycles. The number of amides is 1. The average molecular weight is 361 g/mol. The van der Waals surface area contributed by atoms with E-state index in [0.29, 0.717) is 12.1 Å². The first-order chi connectivity index (χ1) is 12.9. The van der Waals surface area contributed by atoms with Gasteiger partial charge >= 0.3 is 0 Å². The molecule has 140 valence electrons. The molecule has 0 radical (unpaired) electrons. The summed E-state index contributed by atoms with van der Waals surface area (Å²) < 4.78 is 0. The van der Waals surface area contributed by atoms with Gasteiger partial charge in [0.2, 0.25) is 0 Å². The number of benzene rings is 2. The van der Waals surface area contributed by atoms with E-state index in [-0.39, 0.29) is 11.3 Å². The summed E-state index contributed by atoms with van der Waals surface area (Å²) in [5.74, 6) is -0.0216. The van der Waals surface area contributed by atoms with Gasteiger partial charge in [-0.05, 0) is 72.1 Å². The summed E-state index contributed by atoms with van der Waals surface area (Å²) in [6, 6.07) is 14.4. The first-order valence-electron chi connectivity index (χ1n) is 9.93. The van der Waals surface area contributed by atoms with Gasteiger partial charge in [0.15, 0.2) is 0 Å². The number of aromatic amines is 1. The van der Waals surface area contributed by atoms with Crippen LogP contribution >= 0.6 is 0 Å². The number of aryl methyl sites for hydroxylation is 2. The fourth-order valence-corrected chi connectivity index (χ4v) is 3.97. The summed E-state index contributed by atoms with van der Waals surface area (Å²) in [6.07, 6.45) is 4.86. The summed E-state index contributed by atoms with van der Waals surface area (Å²) in [6.45, 7) is 7.09. The second kappa shape index (κ2) is 6.88. The lowest BCUT2D eigenvalue weighted by Gasteiger charge is -2.19. The molecule has 1 aromatic heterocycles. The van der Waals surface area contributed by atoms with Crippen LogP contribution in [0.5, 0.6) is 0 Å². The van der Waals surface area contributed by atoms with Gasteiger partial charge in [0, 0.05) is 28.7 Å². The third-order valence-corrected chi connectivity index (χ3v) is 5.63. The van der Waals surface area contributed by atoms with Crippen LogP contribution in [0.3, 0.4) is 0 Å². The van der Waals surface area contributed by atoms with Crippen molar-refractivity contribution in [3.63, 3.8) is 0 Å². The smallest absolute Gasteiger partial charge is 0.251 e. The molecule has 1 aliphatic rings. The zero-order valence-electron chi connectivity index (χ0n) is 16.5. The van der Waals surface area contributed by atoms with E-state index in [1.165, 1.54) is 40.6 Å². The van der Waals surface area contributed by atoms with E-state index in [1.54, 1.807) is 0 Å². The number of nitrogens with one attached hydrogen (secondary N) is 2. The Bertz CT molecular complexity index is 974. The van der Waals surface area contributed by atoms with Crippen LogP contribution in [0.2, 0.25) is 0 Å². The van der Waals surface area contributed by atoms with Crippen LogP contribution in [0.4, 0.5) is 0 Å². The fraction of sp³-hybridized carbons (Fsp3) is 0.375. The Morgan fingerprint density at radius 1 is 1.04 bits per heavy atom. The number of hydrogen-bond acceptors (Lipinski definition) is 1. The van der Waals surface area contributed by atoms with Crippen molar-refractivity contribution in [2.75, 3.05) is 0 Å². The Hall–Kier alpha value is -2.55. The van der Waals surface area contributed by atoms with Crippen molar-refractivity contribution in [3.8, 4) is 0 Å². The third kappa shape index (κ3) is 3.64. The molecule has 3 nitrogen and oxygen atoms in total. The Morgan fingerprint density at radius 2 is 1.78 bits per heavy atom. The van der Waals surface area contributed by atoms with Gasteiger partial charge in [-0.25, -0.2) is 0 Å². The summed E-state index contributed by atoms with van der Waals surface area (Å²) in [5.41, 5.74) is 7.29. The van der Waals surface area contributed by atoms with Crippen molar-refractivity contribution in [3.05, 3.63) is 70.4 Å². The minimum absolute atomic E-state index is 0.0216. The van der Waals surface area contributed by atoms with Gasteiger partial charge in [-0.3, -0.25) is 4.79 Å². The average Bonchev–Trinajstić information content (AvgIpc) is 3.03. The van der Waals surface area contributed by atoms with Crippen LogP contribution < -0.4 is 5.32 Å². The Labute approximate surface area is 161 Å². The molecule has 3 aromatic rings. The molecule has 0 saturated carbocycles. The Balaban J connectivity index is 1.47. The van der Waals surface area contributed by atoms with Gasteiger partial charge in [-0.1, -0.05) is 39.0 Å². The number of rotatable bonds is 3. The highest BCUT2D eigenvalue weighted by Gasteiger charge is 2.16. The zero-order valence-corrected chi connectivity index (χ0v) is 16.5. The highest BCUT2D eigenvalue weighted by molar-refractivity contribution is 5.94. The van der Waals surface area contributed by atoms with Crippen molar-refractivity contribution in [2.24, 2.45) is 0 Å². The number of carbonyl (C=O) groups excluding carboxylic acids is 1. The molecule has 2 N–H and O–H groups in total. The molecule has 3 heteroatoms. The molecule has 1 amide bonds. The van der Waals surface area contributed by atoms with Gasteiger partial charge in [0.05, 0.1) is 0 Å². The summed E-state index contributed by atoms with van der Waals surface area (Å²) in [5, 5.41) is 4.39. The molecular weight excluding hydrogens is 332 g/mol. The van der Waals surface area contributed by atoms with E-state index >= 15 is 0 Å². The maximum atomic E-state index is 12.5. The molecule has 0 fully saturated rings. The molecule has 0 aliphatic heterocycles. The van der Waals surface area contributed by atoms with Crippen molar-refractivity contribution in [2.45, 2.75) is 58.4 Å².